The molecule has 0 fully saturated rings. The largest absolute Gasteiger partial charge is 0.493 e. The first-order valence-corrected chi connectivity index (χ1v) is 9.26. The summed E-state index contributed by atoms with van der Waals surface area (Å²) in [4.78, 5) is 16.9. The lowest BCUT2D eigenvalue weighted by Crippen LogP contribution is -2.11. The third kappa shape index (κ3) is 3.41. The summed E-state index contributed by atoms with van der Waals surface area (Å²) in [6.45, 7) is 2.02. The first-order chi connectivity index (χ1) is 13.6. The number of carbonyl (C=O) groups is 1. The van der Waals surface area contributed by atoms with Crippen LogP contribution in [-0.2, 0) is 0 Å². The molecule has 142 valence electrons. The standard InChI is InChI=1S/C20H17N3O4S/c1-11-4-6-13-18(8-11)28-20(21-13)22-19(24)14-10-16(27-23-14)12-5-7-15(25-2)17(9-12)26-3/h4-10H,1-3H3,(H,21,22,24). The molecule has 1 amide bonds. The van der Waals surface area contributed by atoms with Crippen LogP contribution in [0.15, 0.2) is 47.0 Å². The zero-order chi connectivity index (χ0) is 19.7. The Morgan fingerprint density at radius 3 is 2.68 bits per heavy atom. The van der Waals surface area contributed by atoms with E-state index in [-0.39, 0.29) is 11.6 Å². The van der Waals surface area contributed by atoms with Gasteiger partial charge in [0.25, 0.3) is 5.91 Å². The second kappa shape index (κ2) is 7.32. The van der Waals surface area contributed by atoms with Gasteiger partial charge < -0.3 is 14.0 Å². The molecule has 0 saturated heterocycles. The number of ether oxygens (including phenoxy) is 2. The predicted molar refractivity (Wildman–Crippen MR) is 107 cm³/mol. The number of nitrogens with one attached hydrogen (secondary N) is 1. The molecule has 0 aliphatic rings. The van der Waals surface area contributed by atoms with E-state index >= 15 is 0 Å². The van der Waals surface area contributed by atoms with Crippen molar-refractivity contribution in [3.05, 3.63) is 53.7 Å². The Balaban J connectivity index is 1.55. The predicted octanol–water partition coefficient (Wildman–Crippen LogP) is 4.53. The summed E-state index contributed by atoms with van der Waals surface area (Å²) in [6.07, 6.45) is 0. The van der Waals surface area contributed by atoms with Gasteiger partial charge in [-0.1, -0.05) is 22.6 Å². The fourth-order valence-electron chi connectivity index (χ4n) is 2.75. The zero-order valence-electron chi connectivity index (χ0n) is 15.5. The minimum absolute atomic E-state index is 0.167. The average molecular weight is 395 g/mol. The van der Waals surface area contributed by atoms with Crippen LogP contribution >= 0.6 is 11.3 Å². The highest BCUT2D eigenvalue weighted by Gasteiger charge is 2.17. The second-order valence-corrected chi connectivity index (χ2v) is 7.12. The second-order valence-electron chi connectivity index (χ2n) is 6.09. The van der Waals surface area contributed by atoms with Gasteiger partial charge in [-0.2, -0.15) is 0 Å². The van der Waals surface area contributed by atoms with Crippen LogP contribution in [0.25, 0.3) is 21.5 Å². The number of fused-ring (bicyclic) bond motifs is 1. The molecule has 0 atom stereocenters. The highest BCUT2D eigenvalue weighted by Crippen LogP contribution is 2.33. The molecule has 2 aromatic carbocycles. The average Bonchev–Trinajstić information content (AvgIpc) is 3.34. The Hall–Kier alpha value is -3.39. The van der Waals surface area contributed by atoms with E-state index in [4.69, 9.17) is 14.0 Å². The van der Waals surface area contributed by atoms with Gasteiger partial charge in [0.15, 0.2) is 28.1 Å². The highest BCUT2D eigenvalue weighted by molar-refractivity contribution is 7.22. The van der Waals surface area contributed by atoms with Gasteiger partial charge in [-0.15, -0.1) is 0 Å². The van der Waals surface area contributed by atoms with Crippen LogP contribution in [0.2, 0.25) is 0 Å². The summed E-state index contributed by atoms with van der Waals surface area (Å²) in [5.41, 5.74) is 2.88. The molecule has 0 bridgehead atoms. The molecule has 7 nitrogen and oxygen atoms in total. The third-order valence-corrected chi connectivity index (χ3v) is 5.11. The maximum absolute atomic E-state index is 12.5. The first kappa shape index (κ1) is 18.0. The van der Waals surface area contributed by atoms with Crippen molar-refractivity contribution in [3.63, 3.8) is 0 Å². The van der Waals surface area contributed by atoms with Gasteiger partial charge in [0.1, 0.15) is 0 Å². The Morgan fingerprint density at radius 1 is 1.07 bits per heavy atom. The van der Waals surface area contributed by atoms with Crippen LogP contribution in [0.1, 0.15) is 16.1 Å². The maximum Gasteiger partial charge on any atom is 0.279 e. The van der Waals surface area contributed by atoms with E-state index < -0.39 is 0 Å². The van der Waals surface area contributed by atoms with Crippen LogP contribution in [-0.4, -0.2) is 30.3 Å². The van der Waals surface area contributed by atoms with E-state index in [2.05, 4.69) is 15.5 Å². The molecule has 28 heavy (non-hydrogen) atoms. The van der Waals surface area contributed by atoms with E-state index in [1.165, 1.54) is 11.3 Å². The van der Waals surface area contributed by atoms with Gasteiger partial charge in [0.05, 0.1) is 24.4 Å². The number of thiazole rings is 1. The van der Waals surface area contributed by atoms with Crippen LogP contribution < -0.4 is 14.8 Å². The maximum atomic E-state index is 12.5. The smallest absolute Gasteiger partial charge is 0.279 e. The lowest BCUT2D eigenvalue weighted by atomic mass is 10.1. The molecule has 2 heterocycles. The highest BCUT2D eigenvalue weighted by atomic mass is 32.1. The minimum atomic E-state index is -0.383. The fraction of sp³-hybridized carbons (Fsp3) is 0.150. The number of benzene rings is 2. The molecule has 1 N–H and O–H groups in total. The monoisotopic (exact) mass is 395 g/mol. The SMILES string of the molecule is COc1ccc(-c2cc(C(=O)Nc3nc4ccc(C)cc4s3)no2)cc1OC. The Bertz CT molecular complexity index is 1170. The van der Waals surface area contributed by atoms with Crippen molar-refractivity contribution in [2.45, 2.75) is 6.92 Å². The number of hydrogen-bond donors (Lipinski definition) is 1. The molecule has 2 aromatic heterocycles. The number of anilines is 1. The summed E-state index contributed by atoms with van der Waals surface area (Å²) in [7, 11) is 3.12. The number of aryl methyl sites for hydroxylation is 1. The Labute approximate surface area is 164 Å². The molecule has 0 radical (unpaired) electrons. The van der Waals surface area contributed by atoms with Gasteiger partial charge in [0, 0.05) is 11.6 Å². The normalized spacial score (nSPS) is 10.8. The van der Waals surface area contributed by atoms with Crippen molar-refractivity contribution in [3.8, 4) is 22.8 Å². The molecular formula is C20H17N3O4S. The number of hydrogen-bond acceptors (Lipinski definition) is 7. The number of methoxy groups -OCH3 is 2. The Kier molecular flexibility index (Phi) is 4.70. The number of rotatable bonds is 5. The van der Waals surface area contributed by atoms with E-state index in [1.54, 1.807) is 38.5 Å². The molecular weight excluding hydrogens is 378 g/mol. The van der Waals surface area contributed by atoms with E-state index in [0.29, 0.717) is 22.4 Å². The summed E-state index contributed by atoms with van der Waals surface area (Å²) in [5, 5.41) is 7.16. The van der Waals surface area contributed by atoms with Gasteiger partial charge in [-0.3, -0.25) is 10.1 Å². The summed E-state index contributed by atoms with van der Waals surface area (Å²) in [6, 6.07) is 12.9. The van der Waals surface area contributed by atoms with Crippen molar-refractivity contribution < 1.29 is 18.8 Å². The number of amides is 1. The van der Waals surface area contributed by atoms with Gasteiger partial charge in [-0.25, -0.2) is 4.98 Å². The third-order valence-electron chi connectivity index (χ3n) is 4.18. The van der Waals surface area contributed by atoms with Gasteiger partial charge >= 0.3 is 0 Å². The van der Waals surface area contributed by atoms with E-state index in [0.717, 1.165) is 21.3 Å². The van der Waals surface area contributed by atoms with Crippen molar-refractivity contribution in [1.29, 1.82) is 0 Å². The van der Waals surface area contributed by atoms with Gasteiger partial charge in [0.2, 0.25) is 0 Å². The van der Waals surface area contributed by atoms with E-state index in [9.17, 15) is 4.79 Å². The summed E-state index contributed by atoms with van der Waals surface area (Å²) in [5.74, 6) is 1.24. The molecule has 4 aromatic rings. The van der Waals surface area contributed by atoms with Gasteiger partial charge in [-0.05, 0) is 42.8 Å². The van der Waals surface area contributed by atoms with Crippen LogP contribution in [0.4, 0.5) is 5.13 Å². The van der Waals surface area contributed by atoms with E-state index in [1.807, 2.05) is 25.1 Å². The number of carbonyl (C=O) groups excluding carboxylic acids is 1. The fourth-order valence-corrected chi connectivity index (χ4v) is 3.71. The molecule has 0 saturated carbocycles. The van der Waals surface area contributed by atoms with Crippen LogP contribution in [0, 0.1) is 6.92 Å². The zero-order valence-corrected chi connectivity index (χ0v) is 16.3. The number of aromatic nitrogens is 2. The molecule has 0 unspecified atom stereocenters. The molecule has 0 aliphatic heterocycles. The summed E-state index contributed by atoms with van der Waals surface area (Å²) < 4.78 is 16.9. The molecule has 0 aliphatic carbocycles. The van der Waals surface area contributed by atoms with Crippen LogP contribution in [0.3, 0.4) is 0 Å². The summed E-state index contributed by atoms with van der Waals surface area (Å²) >= 11 is 1.41. The quantitative estimate of drug-likeness (QED) is 0.534. The molecule has 8 heteroatoms. The van der Waals surface area contributed by atoms with Crippen LogP contribution in [0.5, 0.6) is 11.5 Å². The first-order valence-electron chi connectivity index (χ1n) is 8.45. The Morgan fingerprint density at radius 2 is 1.89 bits per heavy atom. The van der Waals surface area contributed by atoms with Crippen molar-refractivity contribution >= 4 is 32.6 Å². The molecule has 0 spiro atoms. The number of nitrogens with zero attached hydrogens (tertiary/aromatic N) is 2. The van der Waals surface area contributed by atoms with Crippen molar-refractivity contribution in [1.82, 2.24) is 10.1 Å². The minimum Gasteiger partial charge on any atom is -0.493 e. The topological polar surface area (TPSA) is 86.5 Å². The lowest BCUT2D eigenvalue weighted by molar-refractivity contribution is 0.101. The molecule has 4 rings (SSSR count). The lowest BCUT2D eigenvalue weighted by Gasteiger charge is -2.07. The van der Waals surface area contributed by atoms with Crippen molar-refractivity contribution in [2.24, 2.45) is 0 Å². The van der Waals surface area contributed by atoms with Crippen molar-refractivity contribution in [2.75, 3.05) is 19.5 Å².